The van der Waals surface area contributed by atoms with Gasteiger partial charge in [0.2, 0.25) is 11.8 Å². The number of aromatic nitrogens is 3. The lowest BCUT2D eigenvalue weighted by atomic mass is 10.2. The van der Waals surface area contributed by atoms with E-state index in [1.54, 1.807) is 6.08 Å². The summed E-state index contributed by atoms with van der Waals surface area (Å²) in [7, 11) is 0. The Hall–Kier alpha value is -2.61. The molecule has 3 rings (SSSR count). The lowest BCUT2D eigenvalue weighted by Gasteiger charge is -2.13. The van der Waals surface area contributed by atoms with Gasteiger partial charge < -0.3 is 4.74 Å². The molecule has 0 N–H and O–H groups in total. The third-order valence-electron chi connectivity index (χ3n) is 4.16. The monoisotopic (exact) mass is 386 g/mol. The van der Waals surface area contributed by atoms with Crippen molar-refractivity contribution in [3.05, 3.63) is 48.3 Å². The lowest BCUT2D eigenvalue weighted by molar-refractivity contribution is -0.140. The largest absolute Gasteiger partial charge is 0.486 e. The third kappa shape index (κ3) is 4.77. The number of hydrogen-bond donors (Lipinski definition) is 0. The molecule has 0 unspecified atom stereocenters. The molecule has 0 aliphatic carbocycles. The smallest absolute Gasteiger partial charge is 0.239 e. The zero-order chi connectivity index (χ0) is 19.2. The molecule has 0 spiro atoms. The number of nitrogens with zero attached hydrogens (tertiary/aromatic N) is 4. The van der Waals surface area contributed by atoms with E-state index in [0.29, 0.717) is 30.5 Å². The Balaban J connectivity index is 1.64. The van der Waals surface area contributed by atoms with Crippen LogP contribution in [0.2, 0.25) is 0 Å². The average molecular weight is 386 g/mol. The molecule has 8 heteroatoms. The van der Waals surface area contributed by atoms with Crippen LogP contribution in [0.5, 0.6) is 5.75 Å². The molecule has 1 aromatic heterocycles. The molecule has 0 atom stereocenters. The number of benzene rings is 1. The van der Waals surface area contributed by atoms with Gasteiger partial charge in [-0.1, -0.05) is 30.0 Å². The number of rotatable bonds is 8. The number of likely N-dealkylation sites (tertiary alicyclic amines) is 1. The molecule has 7 nitrogen and oxygen atoms in total. The van der Waals surface area contributed by atoms with Gasteiger partial charge in [-0.3, -0.25) is 19.1 Å². The first kappa shape index (κ1) is 19.2. The maximum absolute atomic E-state index is 12.2. The standard InChI is InChI=1S/C19H22N4O3S/c1-3-9-22-16(12-26-15-7-4-6-14(2)11-15)20-21-19(22)27-13-18(25)23-10-5-8-17(23)24/h3-4,6-7,11H,1,5,8-10,12-13H2,2H3. The van der Waals surface area contributed by atoms with E-state index in [4.69, 9.17) is 4.74 Å². The lowest BCUT2D eigenvalue weighted by Crippen LogP contribution is -2.33. The quantitative estimate of drug-likeness (QED) is 0.513. The third-order valence-corrected chi connectivity index (χ3v) is 5.11. The molecule has 2 amide bonds. The number of carbonyl (C=O) groups is 2. The summed E-state index contributed by atoms with van der Waals surface area (Å²) in [4.78, 5) is 25.2. The second-order valence-corrected chi connectivity index (χ2v) is 7.18. The van der Waals surface area contributed by atoms with E-state index >= 15 is 0 Å². The van der Waals surface area contributed by atoms with Gasteiger partial charge in [-0.2, -0.15) is 0 Å². The normalized spacial score (nSPS) is 13.8. The fraction of sp³-hybridized carbons (Fsp3) is 0.368. The van der Waals surface area contributed by atoms with Crippen LogP contribution in [0.25, 0.3) is 0 Å². The van der Waals surface area contributed by atoms with Crippen LogP contribution in [0, 0.1) is 6.92 Å². The Morgan fingerprint density at radius 3 is 2.96 bits per heavy atom. The highest BCUT2D eigenvalue weighted by molar-refractivity contribution is 7.99. The number of amides is 2. The first-order valence-corrected chi connectivity index (χ1v) is 9.75. The van der Waals surface area contributed by atoms with Crippen molar-refractivity contribution in [3.63, 3.8) is 0 Å². The van der Waals surface area contributed by atoms with Crippen LogP contribution in [-0.2, 0) is 22.7 Å². The van der Waals surface area contributed by atoms with Crippen molar-refractivity contribution in [1.82, 2.24) is 19.7 Å². The molecule has 2 aromatic rings. The molecule has 1 fully saturated rings. The molecule has 0 saturated carbocycles. The van der Waals surface area contributed by atoms with Crippen LogP contribution in [-0.4, -0.2) is 43.8 Å². The number of thioether (sulfide) groups is 1. The van der Waals surface area contributed by atoms with E-state index in [2.05, 4.69) is 16.8 Å². The van der Waals surface area contributed by atoms with E-state index in [0.717, 1.165) is 17.7 Å². The Morgan fingerprint density at radius 2 is 2.26 bits per heavy atom. The van der Waals surface area contributed by atoms with Crippen molar-refractivity contribution in [2.45, 2.75) is 38.1 Å². The topological polar surface area (TPSA) is 77.3 Å². The minimum absolute atomic E-state index is 0.0969. The highest BCUT2D eigenvalue weighted by Gasteiger charge is 2.26. The molecule has 2 heterocycles. The Morgan fingerprint density at radius 1 is 1.41 bits per heavy atom. The molecule has 1 aliphatic heterocycles. The van der Waals surface area contributed by atoms with E-state index < -0.39 is 0 Å². The zero-order valence-electron chi connectivity index (χ0n) is 15.3. The molecular weight excluding hydrogens is 364 g/mol. The summed E-state index contributed by atoms with van der Waals surface area (Å²) in [5.74, 6) is 1.29. The van der Waals surface area contributed by atoms with Crippen molar-refractivity contribution in [1.29, 1.82) is 0 Å². The number of hydrogen-bond acceptors (Lipinski definition) is 6. The first-order valence-electron chi connectivity index (χ1n) is 8.77. The maximum atomic E-state index is 12.2. The van der Waals surface area contributed by atoms with Gasteiger partial charge in [-0.15, -0.1) is 16.8 Å². The van der Waals surface area contributed by atoms with Crippen LogP contribution >= 0.6 is 11.8 Å². The van der Waals surface area contributed by atoms with E-state index in [1.807, 2.05) is 35.8 Å². The molecular formula is C19H22N4O3S. The second-order valence-electron chi connectivity index (χ2n) is 6.23. The molecule has 1 aliphatic rings. The minimum atomic E-state index is -0.187. The van der Waals surface area contributed by atoms with Crippen molar-refractivity contribution >= 4 is 23.6 Å². The zero-order valence-corrected chi connectivity index (χ0v) is 16.1. The van der Waals surface area contributed by atoms with Crippen LogP contribution in [0.4, 0.5) is 0 Å². The Kier molecular flexibility index (Phi) is 6.28. The number of carbonyl (C=O) groups excluding carboxylic acids is 2. The van der Waals surface area contributed by atoms with Gasteiger partial charge in [0.15, 0.2) is 11.0 Å². The summed E-state index contributed by atoms with van der Waals surface area (Å²) in [6, 6.07) is 7.79. The van der Waals surface area contributed by atoms with Gasteiger partial charge in [0.25, 0.3) is 0 Å². The van der Waals surface area contributed by atoms with Gasteiger partial charge in [-0.05, 0) is 31.0 Å². The minimum Gasteiger partial charge on any atom is -0.486 e. The summed E-state index contributed by atoms with van der Waals surface area (Å²) in [6.07, 6.45) is 2.93. The van der Waals surface area contributed by atoms with Gasteiger partial charge in [0.1, 0.15) is 12.4 Å². The van der Waals surface area contributed by atoms with E-state index in [1.165, 1.54) is 16.7 Å². The molecule has 1 aromatic carbocycles. The molecule has 1 saturated heterocycles. The van der Waals surface area contributed by atoms with Gasteiger partial charge in [-0.25, -0.2) is 0 Å². The summed E-state index contributed by atoms with van der Waals surface area (Å²) < 4.78 is 7.68. The van der Waals surface area contributed by atoms with E-state index in [-0.39, 0.29) is 24.2 Å². The van der Waals surface area contributed by atoms with Crippen LogP contribution < -0.4 is 4.74 Å². The SMILES string of the molecule is C=CCn1c(COc2cccc(C)c2)nnc1SCC(=O)N1CCCC1=O. The molecule has 0 radical (unpaired) electrons. The Labute approximate surface area is 162 Å². The number of ether oxygens (including phenoxy) is 1. The van der Waals surface area contributed by atoms with Crippen molar-refractivity contribution in [3.8, 4) is 5.75 Å². The molecule has 0 bridgehead atoms. The van der Waals surface area contributed by atoms with Crippen molar-refractivity contribution < 1.29 is 14.3 Å². The van der Waals surface area contributed by atoms with Crippen LogP contribution in [0.15, 0.2) is 42.1 Å². The highest BCUT2D eigenvalue weighted by Crippen LogP contribution is 2.21. The number of aryl methyl sites for hydroxylation is 1. The average Bonchev–Trinajstić information content (AvgIpc) is 3.25. The van der Waals surface area contributed by atoms with Gasteiger partial charge in [0.05, 0.1) is 5.75 Å². The number of allylic oxidation sites excluding steroid dienone is 1. The fourth-order valence-electron chi connectivity index (χ4n) is 2.81. The Bertz CT molecular complexity index is 849. The van der Waals surface area contributed by atoms with Crippen molar-refractivity contribution in [2.24, 2.45) is 0 Å². The highest BCUT2D eigenvalue weighted by atomic mass is 32.2. The predicted octanol–water partition coefficient (Wildman–Crippen LogP) is 2.59. The second kappa shape index (κ2) is 8.85. The molecule has 27 heavy (non-hydrogen) atoms. The van der Waals surface area contributed by atoms with E-state index in [9.17, 15) is 9.59 Å². The predicted molar refractivity (Wildman–Crippen MR) is 102 cm³/mol. The summed E-state index contributed by atoms with van der Waals surface area (Å²) >= 11 is 1.27. The fourth-order valence-corrected chi connectivity index (χ4v) is 3.66. The van der Waals surface area contributed by atoms with Crippen LogP contribution in [0.3, 0.4) is 0 Å². The van der Waals surface area contributed by atoms with Crippen LogP contribution in [0.1, 0.15) is 24.2 Å². The summed E-state index contributed by atoms with van der Waals surface area (Å²) in [5.41, 5.74) is 1.12. The van der Waals surface area contributed by atoms with Gasteiger partial charge >= 0.3 is 0 Å². The summed E-state index contributed by atoms with van der Waals surface area (Å²) in [6.45, 7) is 7.06. The van der Waals surface area contributed by atoms with Crippen molar-refractivity contribution in [2.75, 3.05) is 12.3 Å². The first-order chi connectivity index (χ1) is 13.1. The van der Waals surface area contributed by atoms with Gasteiger partial charge in [0, 0.05) is 19.5 Å². The number of imide groups is 1. The maximum Gasteiger partial charge on any atom is 0.239 e. The molecule has 142 valence electrons. The summed E-state index contributed by atoms with van der Waals surface area (Å²) in [5, 5.41) is 8.97.